The van der Waals surface area contributed by atoms with Gasteiger partial charge in [0, 0.05) is 5.54 Å². The molecule has 0 spiro atoms. The molecule has 1 amide bonds. The molecule has 2 aliphatic carbocycles. The van der Waals surface area contributed by atoms with Crippen LogP contribution in [0.25, 0.3) is 0 Å². The summed E-state index contributed by atoms with van der Waals surface area (Å²) in [5, 5.41) is 16.1. The van der Waals surface area contributed by atoms with Gasteiger partial charge in [0.2, 0.25) is 5.91 Å². The number of aliphatic hydroxyl groups excluding tert-OH is 1. The third-order valence-corrected chi connectivity index (χ3v) is 5.40. The zero-order chi connectivity index (χ0) is 15.5. The van der Waals surface area contributed by atoms with Gasteiger partial charge in [-0.2, -0.15) is 0 Å². The maximum atomic E-state index is 12.4. The van der Waals surface area contributed by atoms with E-state index < -0.39 is 0 Å². The van der Waals surface area contributed by atoms with E-state index in [-0.39, 0.29) is 30.1 Å². The lowest BCUT2D eigenvalue weighted by molar-refractivity contribution is -0.124. The lowest BCUT2D eigenvalue weighted by Crippen LogP contribution is -2.56. The minimum Gasteiger partial charge on any atom is -0.394 e. The van der Waals surface area contributed by atoms with Crippen LogP contribution < -0.4 is 10.6 Å². The zero-order valence-corrected chi connectivity index (χ0v) is 13.1. The highest BCUT2D eigenvalue weighted by Crippen LogP contribution is 2.41. The number of benzene rings is 1. The highest BCUT2D eigenvalue weighted by molar-refractivity contribution is 5.79. The van der Waals surface area contributed by atoms with Crippen LogP contribution >= 0.6 is 0 Å². The zero-order valence-electron chi connectivity index (χ0n) is 13.1. The topological polar surface area (TPSA) is 61.4 Å². The van der Waals surface area contributed by atoms with Crippen molar-refractivity contribution in [1.82, 2.24) is 10.6 Å². The van der Waals surface area contributed by atoms with Gasteiger partial charge in [-0.1, -0.05) is 43.2 Å². The van der Waals surface area contributed by atoms with Gasteiger partial charge in [-0.15, -0.1) is 0 Å². The average molecular weight is 302 g/mol. The van der Waals surface area contributed by atoms with E-state index in [1.807, 2.05) is 18.2 Å². The van der Waals surface area contributed by atoms with Gasteiger partial charge in [-0.3, -0.25) is 4.79 Å². The molecule has 0 bridgehead atoms. The van der Waals surface area contributed by atoms with Crippen molar-refractivity contribution in [2.75, 3.05) is 13.2 Å². The van der Waals surface area contributed by atoms with Gasteiger partial charge < -0.3 is 15.7 Å². The Balaban J connectivity index is 1.59. The summed E-state index contributed by atoms with van der Waals surface area (Å²) in [6.45, 7) is 0.402. The van der Waals surface area contributed by atoms with Gasteiger partial charge in [0.1, 0.15) is 0 Å². The van der Waals surface area contributed by atoms with Crippen LogP contribution in [-0.2, 0) is 10.3 Å². The van der Waals surface area contributed by atoms with Crippen molar-refractivity contribution in [2.24, 2.45) is 0 Å². The molecule has 22 heavy (non-hydrogen) atoms. The Morgan fingerprint density at radius 2 is 1.73 bits per heavy atom. The smallest absolute Gasteiger partial charge is 0.234 e. The predicted octanol–water partition coefficient (Wildman–Crippen LogP) is 2.08. The van der Waals surface area contributed by atoms with E-state index in [0.717, 1.165) is 44.9 Å². The molecule has 0 heterocycles. The standard InChI is InChI=1S/C18H26N2O2/c21-14-17(9-4-5-10-17)19-13-16(22)20-18(11-6-12-18)15-7-2-1-3-8-15/h1-3,7-8,19,21H,4-6,9-14H2,(H,20,22). The maximum Gasteiger partial charge on any atom is 0.234 e. The molecule has 4 nitrogen and oxygen atoms in total. The Bertz CT molecular complexity index is 505. The summed E-state index contributed by atoms with van der Waals surface area (Å²) in [4.78, 5) is 12.4. The number of amides is 1. The Morgan fingerprint density at radius 1 is 1.05 bits per heavy atom. The number of hydrogen-bond acceptors (Lipinski definition) is 3. The van der Waals surface area contributed by atoms with Crippen LogP contribution in [-0.4, -0.2) is 29.7 Å². The van der Waals surface area contributed by atoms with Gasteiger partial charge in [0.25, 0.3) is 0 Å². The van der Waals surface area contributed by atoms with Crippen LogP contribution in [0.3, 0.4) is 0 Å². The first-order valence-corrected chi connectivity index (χ1v) is 8.41. The minimum atomic E-state index is -0.239. The molecule has 120 valence electrons. The molecule has 0 aliphatic heterocycles. The molecule has 4 heteroatoms. The lowest BCUT2D eigenvalue weighted by atomic mass is 9.72. The summed E-state index contributed by atoms with van der Waals surface area (Å²) in [5.41, 5.74) is 0.784. The van der Waals surface area contributed by atoms with Crippen molar-refractivity contribution >= 4 is 5.91 Å². The van der Waals surface area contributed by atoms with Crippen molar-refractivity contribution in [3.05, 3.63) is 35.9 Å². The Hall–Kier alpha value is -1.39. The van der Waals surface area contributed by atoms with Gasteiger partial charge in [0.15, 0.2) is 0 Å². The van der Waals surface area contributed by atoms with E-state index >= 15 is 0 Å². The summed E-state index contributed by atoms with van der Waals surface area (Å²) in [5.74, 6) is 0.0308. The number of hydrogen-bond donors (Lipinski definition) is 3. The molecule has 2 aliphatic rings. The number of carbonyl (C=O) groups excluding carboxylic acids is 1. The molecule has 2 fully saturated rings. The summed E-state index contributed by atoms with van der Waals surface area (Å²) < 4.78 is 0. The Kier molecular flexibility index (Phi) is 4.50. The van der Waals surface area contributed by atoms with Crippen molar-refractivity contribution < 1.29 is 9.90 Å². The fraction of sp³-hybridized carbons (Fsp3) is 0.611. The largest absolute Gasteiger partial charge is 0.394 e. The van der Waals surface area contributed by atoms with Gasteiger partial charge in [-0.25, -0.2) is 0 Å². The maximum absolute atomic E-state index is 12.4. The monoisotopic (exact) mass is 302 g/mol. The molecule has 0 radical (unpaired) electrons. The molecule has 1 aromatic rings. The van der Waals surface area contributed by atoms with E-state index in [4.69, 9.17) is 0 Å². The van der Waals surface area contributed by atoms with Crippen LogP contribution in [0.15, 0.2) is 30.3 Å². The molecular formula is C18H26N2O2. The predicted molar refractivity (Wildman–Crippen MR) is 86.4 cm³/mol. The fourth-order valence-corrected chi connectivity index (χ4v) is 3.79. The number of rotatable bonds is 6. The van der Waals surface area contributed by atoms with Crippen LogP contribution in [0, 0.1) is 0 Å². The number of aliphatic hydroxyl groups is 1. The molecule has 0 saturated heterocycles. The first-order valence-electron chi connectivity index (χ1n) is 8.41. The van der Waals surface area contributed by atoms with Crippen molar-refractivity contribution in [3.63, 3.8) is 0 Å². The highest BCUT2D eigenvalue weighted by Gasteiger charge is 2.40. The molecule has 0 unspecified atom stereocenters. The van der Waals surface area contributed by atoms with E-state index in [2.05, 4.69) is 22.8 Å². The van der Waals surface area contributed by atoms with Gasteiger partial charge in [-0.05, 0) is 37.7 Å². The number of carbonyl (C=O) groups is 1. The van der Waals surface area contributed by atoms with E-state index in [0.29, 0.717) is 0 Å². The molecule has 0 atom stereocenters. The van der Waals surface area contributed by atoms with Crippen LogP contribution in [0.1, 0.15) is 50.5 Å². The molecule has 1 aromatic carbocycles. The van der Waals surface area contributed by atoms with Gasteiger partial charge in [0.05, 0.1) is 18.7 Å². The highest BCUT2D eigenvalue weighted by atomic mass is 16.3. The minimum absolute atomic E-state index is 0.0308. The summed E-state index contributed by atoms with van der Waals surface area (Å²) in [7, 11) is 0. The first kappa shape index (κ1) is 15.5. The first-order chi connectivity index (χ1) is 10.7. The average Bonchev–Trinajstić information content (AvgIpc) is 2.99. The molecule has 3 rings (SSSR count). The van der Waals surface area contributed by atoms with E-state index in [1.165, 1.54) is 5.56 Å². The second-order valence-electron chi connectivity index (χ2n) is 6.85. The Labute approximate surface area is 132 Å². The fourth-order valence-electron chi connectivity index (χ4n) is 3.79. The van der Waals surface area contributed by atoms with Crippen LogP contribution in [0.5, 0.6) is 0 Å². The lowest BCUT2D eigenvalue weighted by Gasteiger charge is -2.43. The summed E-state index contributed by atoms with van der Waals surface area (Å²) in [6, 6.07) is 10.3. The molecule has 0 aromatic heterocycles. The third-order valence-electron chi connectivity index (χ3n) is 5.40. The normalized spacial score (nSPS) is 22.0. The van der Waals surface area contributed by atoms with Crippen molar-refractivity contribution in [2.45, 2.75) is 56.0 Å². The van der Waals surface area contributed by atoms with Crippen LogP contribution in [0.4, 0.5) is 0 Å². The Morgan fingerprint density at radius 3 is 2.27 bits per heavy atom. The SMILES string of the molecule is O=C(CNC1(CO)CCCC1)NC1(c2ccccc2)CCC1. The number of nitrogens with one attached hydrogen (secondary N) is 2. The quantitative estimate of drug-likeness (QED) is 0.754. The van der Waals surface area contributed by atoms with Crippen molar-refractivity contribution in [1.29, 1.82) is 0 Å². The molecule has 3 N–H and O–H groups in total. The summed E-state index contributed by atoms with van der Waals surface area (Å²) in [6.07, 6.45) is 7.35. The van der Waals surface area contributed by atoms with Crippen molar-refractivity contribution in [3.8, 4) is 0 Å². The van der Waals surface area contributed by atoms with Crippen LogP contribution in [0.2, 0.25) is 0 Å². The van der Waals surface area contributed by atoms with E-state index in [9.17, 15) is 9.90 Å². The molecular weight excluding hydrogens is 276 g/mol. The summed E-state index contributed by atoms with van der Waals surface area (Å²) >= 11 is 0. The third kappa shape index (κ3) is 3.03. The second kappa shape index (κ2) is 6.39. The van der Waals surface area contributed by atoms with Gasteiger partial charge >= 0.3 is 0 Å². The molecule has 2 saturated carbocycles. The second-order valence-corrected chi connectivity index (χ2v) is 6.85. The van der Waals surface area contributed by atoms with E-state index in [1.54, 1.807) is 0 Å².